The van der Waals surface area contributed by atoms with Crippen molar-refractivity contribution in [2.24, 2.45) is 0 Å². The molecule has 0 bridgehead atoms. The fraction of sp³-hybridized carbons (Fsp3) is 0.0833. The third-order valence-electron chi connectivity index (χ3n) is 2.18. The van der Waals surface area contributed by atoms with E-state index in [1.807, 2.05) is 0 Å². The lowest BCUT2D eigenvalue weighted by Crippen LogP contribution is -1.95. The molecule has 0 aliphatic rings. The Hall–Kier alpha value is -1.59. The Bertz CT molecular complexity index is 582. The lowest BCUT2D eigenvalue weighted by Gasteiger charge is -2.04. The van der Waals surface area contributed by atoms with Crippen molar-refractivity contribution in [2.75, 3.05) is 0 Å². The summed E-state index contributed by atoms with van der Waals surface area (Å²) >= 11 is 6.72. The van der Waals surface area contributed by atoms with Crippen molar-refractivity contribution in [2.45, 2.75) is 6.61 Å². The molecule has 0 amide bonds. The minimum absolute atomic E-state index is 0.0349. The minimum atomic E-state index is -0.986. The molecular weight excluding hydrogens is 279 g/mol. The Morgan fingerprint density at radius 3 is 2.83 bits per heavy atom. The van der Waals surface area contributed by atoms with Crippen LogP contribution in [0.2, 0.25) is 5.02 Å². The molecule has 0 radical (unpaired) electrons. The molecule has 0 saturated heterocycles. The molecule has 0 atom stereocenters. The number of hydrogen-bond acceptors (Lipinski definition) is 3. The number of thiophene rings is 1. The van der Waals surface area contributed by atoms with Crippen molar-refractivity contribution in [3.8, 4) is 5.75 Å². The van der Waals surface area contributed by atoms with E-state index in [4.69, 9.17) is 21.4 Å². The van der Waals surface area contributed by atoms with Crippen LogP contribution in [0.25, 0.3) is 0 Å². The number of hydrogen-bond donors (Lipinski definition) is 1. The summed E-state index contributed by atoms with van der Waals surface area (Å²) in [5.41, 5.74) is 0.712. The average Bonchev–Trinajstić information content (AvgIpc) is 2.79. The van der Waals surface area contributed by atoms with Crippen molar-refractivity contribution in [1.82, 2.24) is 0 Å². The number of carbonyl (C=O) groups is 1. The minimum Gasteiger partial charge on any atom is -0.488 e. The van der Waals surface area contributed by atoms with Gasteiger partial charge in [0.25, 0.3) is 0 Å². The maximum Gasteiger partial charge on any atom is 0.346 e. The van der Waals surface area contributed by atoms with Gasteiger partial charge in [0.1, 0.15) is 23.1 Å². The number of ether oxygens (including phenoxy) is 1. The molecule has 0 spiro atoms. The Labute approximate surface area is 111 Å². The molecule has 0 fully saturated rings. The van der Waals surface area contributed by atoms with Gasteiger partial charge < -0.3 is 9.84 Å². The number of carboxylic acids is 1. The molecule has 2 aromatic rings. The van der Waals surface area contributed by atoms with E-state index in [1.54, 1.807) is 11.4 Å². The molecule has 3 nitrogen and oxygen atoms in total. The topological polar surface area (TPSA) is 46.5 Å². The predicted molar refractivity (Wildman–Crippen MR) is 67.0 cm³/mol. The van der Waals surface area contributed by atoms with Gasteiger partial charge in [-0.1, -0.05) is 17.7 Å². The zero-order valence-electron chi connectivity index (χ0n) is 9.02. The molecule has 1 aromatic heterocycles. The summed E-state index contributed by atoms with van der Waals surface area (Å²) in [5, 5.41) is 10.4. The van der Waals surface area contributed by atoms with E-state index in [2.05, 4.69) is 0 Å². The molecule has 0 unspecified atom stereocenters. The van der Waals surface area contributed by atoms with Crippen molar-refractivity contribution < 1.29 is 19.0 Å². The first-order valence-electron chi connectivity index (χ1n) is 4.95. The highest BCUT2D eigenvalue weighted by molar-refractivity contribution is 7.12. The summed E-state index contributed by atoms with van der Waals surface area (Å²) < 4.78 is 18.3. The largest absolute Gasteiger partial charge is 0.488 e. The van der Waals surface area contributed by atoms with Crippen LogP contribution in [-0.2, 0) is 6.61 Å². The fourth-order valence-corrected chi connectivity index (χ4v) is 2.17. The lowest BCUT2D eigenvalue weighted by molar-refractivity contribution is 0.0702. The molecule has 0 aliphatic heterocycles. The number of benzene rings is 1. The summed E-state index contributed by atoms with van der Waals surface area (Å²) in [5.74, 6) is -0.998. The summed E-state index contributed by atoms with van der Waals surface area (Å²) in [6.45, 7) is 0.204. The number of rotatable bonds is 4. The van der Waals surface area contributed by atoms with Crippen molar-refractivity contribution in [3.05, 3.63) is 50.9 Å². The fourth-order valence-electron chi connectivity index (χ4n) is 1.30. The van der Waals surface area contributed by atoms with Gasteiger partial charge in [0.2, 0.25) is 0 Å². The van der Waals surface area contributed by atoms with Gasteiger partial charge in [-0.2, -0.15) is 0 Å². The summed E-state index contributed by atoms with van der Waals surface area (Å²) in [4.78, 5) is 10.9. The van der Waals surface area contributed by atoms with Gasteiger partial charge in [0.05, 0.1) is 5.02 Å². The van der Waals surface area contributed by atoms with Crippen LogP contribution in [0.4, 0.5) is 4.39 Å². The van der Waals surface area contributed by atoms with E-state index in [0.717, 1.165) is 11.3 Å². The van der Waals surface area contributed by atoms with Gasteiger partial charge in [-0.05, 0) is 17.7 Å². The molecule has 1 N–H and O–H groups in total. The van der Waals surface area contributed by atoms with Gasteiger partial charge in [-0.25, -0.2) is 9.18 Å². The van der Waals surface area contributed by atoms with Crippen LogP contribution in [0.1, 0.15) is 15.2 Å². The first-order valence-corrected chi connectivity index (χ1v) is 6.20. The second-order valence-corrected chi connectivity index (χ2v) is 4.81. The van der Waals surface area contributed by atoms with Gasteiger partial charge >= 0.3 is 5.97 Å². The number of halogens is 2. The summed E-state index contributed by atoms with van der Waals surface area (Å²) in [7, 11) is 0. The molecule has 2 rings (SSSR count). The van der Waals surface area contributed by atoms with Crippen LogP contribution in [0.5, 0.6) is 5.75 Å². The van der Waals surface area contributed by atoms with Crippen LogP contribution < -0.4 is 4.74 Å². The lowest BCUT2D eigenvalue weighted by atomic mass is 10.2. The number of aromatic carboxylic acids is 1. The molecule has 0 aliphatic carbocycles. The zero-order valence-corrected chi connectivity index (χ0v) is 10.6. The molecule has 0 saturated carbocycles. The van der Waals surface area contributed by atoms with Crippen molar-refractivity contribution >= 4 is 28.9 Å². The second-order valence-electron chi connectivity index (χ2n) is 3.49. The van der Waals surface area contributed by atoms with Crippen LogP contribution in [-0.4, -0.2) is 11.1 Å². The Morgan fingerprint density at radius 2 is 2.22 bits per heavy atom. The van der Waals surface area contributed by atoms with Crippen LogP contribution in [0, 0.1) is 5.82 Å². The van der Waals surface area contributed by atoms with E-state index in [0.29, 0.717) is 11.3 Å². The first-order chi connectivity index (χ1) is 8.56. The smallest absolute Gasteiger partial charge is 0.346 e. The third-order valence-corrected chi connectivity index (χ3v) is 3.36. The molecule has 6 heteroatoms. The maximum atomic E-state index is 12.9. The monoisotopic (exact) mass is 286 g/mol. The van der Waals surface area contributed by atoms with Crippen LogP contribution >= 0.6 is 22.9 Å². The van der Waals surface area contributed by atoms with E-state index < -0.39 is 11.8 Å². The van der Waals surface area contributed by atoms with Crippen LogP contribution in [0.3, 0.4) is 0 Å². The molecule has 18 heavy (non-hydrogen) atoms. The molecule has 1 aromatic carbocycles. The zero-order chi connectivity index (χ0) is 13.1. The third kappa shape index (κ3) is 3.00. The molecule has 94 valence electrons. The van der Waals surface area contributed by atoms with E-state index in [1.165, 1.54) is 18.2 Å². The molecular formula is C12H8ClFO3S. The first kappa shape index (κ1) is 12.9. The van der Waals surface area contributed by atoms with Gasteiger partial charge in [-0.3, -0.25) is 0 Å². The summed E-state index contributed by atoms with van der Waals surface area (Å²) in [6.07, 6.45) is 0. The van der Waals surface area contributed by atoms with Gasteiger partial charge in [0.15, 0.2) is 0 Å². The van der Waals surface area contributed by atoms with Gasteiger partial charge in [0, 0.05) is 11.4 Å². The quantitative estimate of drug-likeness (QED) is 0.929. The highest BCUT2D eigenvalue weighted by Crippen LogP contribution is 2.23. The number of carboxylic acid groups (broad SMARTS) is 1. The SMILES string of the molecule is O=C(O)c1cc(OCc2ccc(F)c(Cl)c2)cs1. The molecule has 1 heterocycles. The Morgan fingerprint density at radius 1 is 1.44 bits per heavy atom. The summed E-state index contributed by atoms with van der Waals surface area (Å²) in [6, 6.07) is 5.74. The Kier molecular flexibility index (Phi) is 3.84. The van der Waals surface area contributed by atoms with Crippen LogP contribution in [0.15, 0.2) is 29.6 Å². The standard InChI is InChI=1S/C12H8ClFO3S/c13-9-3-7(1-2-10(9)14)5-17-8-4-11(12(15)16)18-6-8/h1-4,6H,5H2,(H,15,16). The van der Waals surface area contributed by atoms with Crippen molar-refractivity contribution in [1.29, 1.82) is 0 Å². The van der Waals surface area contributed by atoms with E-state index >= 15 is 0 Å². The second kappa shape index (κ2) is 5.37. The van der Waals surface area contributed by atoms with Gasteiger partial charge in [-0.15, -0.1) is 11.3 Å². The highest BCUT2D eigenvalue weighted by Gasteiger charge is 2.08. The average molecular weight is 287 g/mol. The normalized spacial score (nSPS) is 10.3. The Balaban J connectivity index is 2.02. The highest BCUT2D eigenvalue weighted by atomic mass is 35.5. The maximum absolute atomic E-state index is 12.9. The predicted octanol–water partition coefficient (Wildman–Crippen LogP) is 3.82. The van der Waals surface area contributed by atoms with E-state index in [-0.39, 0.29) is 16.5 Å². The van der Waals surface area contributed by atoms with Crippen molar-refractivity contribution in [3.63, 3.8) is 0 Å². The van der Waals surface area contributed by atoms with E-state index in [9.17, 15) is 9.18 Å².